The smallest absolute Gasteiger partial charge is 0.137 e. The maximum Gasteiger partial charge on any atom is 0.137 e. The molecule has 3 N–H and O–H groups in total. The molecule has 0 fully saturated rings. The third-order valence-corrected chi connectivity index (χ3v) is 4.69. The summed E-state index contributed by atoms with van der Waals surface area (Å²) in [6.45, 7) is 1.92. The Hall–Kier alpha value is -2.62. The first-order chi connectivity index (χ1) is 13.3. The lowest BCUT2D eigenvalue weighted by molar-refractivity contribution is -0.661. The number of benzene rings is 3. The summed E-state index contributed by atoms with van der Waals surface area (Å²) in [7, 11) is 0. The van der Waals surface area contributed by atoms with Crippen LogP contribution in [0.15, 0.2) is 91.0 Å². The molecule has 3 nitrogen and oxygen atoms in total. The molecule has 0 heterocycles. The van der Waals surface area contributed by atoms with E-state index in [-0.39, 0.29) is 0 Å². The quantitative estimate of drug-likeness (QED) is 0.544. The molecule has 0 aliphatic rings. The van der Waals surface area contributed by atoms with Gasteiger partial charge < -0.3 is 15.2 Å². The first-order valence-corrected chi connectivity index (χ1v) is 9.60. The van der Waals surface area contributed by atoms with Crippen molar-refractivity contribution in [2.24, 2.45) is 0 Å². The molecule has 0 unspecified atom stereocenters. The van der Waals surface area contributed by atoms with E-state index < -0.39 is 6.10 Å². The van der Waals surface area contributed by atoms with Crippen LogP contribution in [0.5, 0.6) is 5.75 Å². The molecular weight excluding hydrogens is 334 g/mol. The summed E-state index contributed by atoms with van der Waals surface area (Å²) < 4.78 is 5.61. The molecule has 0 aliphatic heterocycles. The van der Waals surface area contributed by atoms with E-state index in [2.05, 4.69) is 66.0 Å². The summed E-state index contributed by atoms with van der Waals surface area (Å²) in [6.07, 6.45) is 0.553. The van der Waals surface area contributed by atoms with Crippen molar-refractivity contribution >= 4 is 0 Å². The van der Waals surface area contributed by atoms with E-state index in [1.54, 1.807) is 0 Å². The van der Waals surface area contributed by atoms with E-state index in [9.17, 15) is 5.11 Å². The fourth-order valence-electron chi connectivity index (χ4n) is 3.27. The third kappa shape index (κ3) is 6.24. The number of nitrogens with two attached hydrogens (primary N) is 1. The second-order valence-corrected chi connectivity index (χ2v) is 6.75. The Morgan fingerprint density at radius 2 is 1.26 bits per heavy atom. The molecule has 0 aromatic heterocycles. The van der Waals surface area contributed by atoms with E-state index >= 15 is 0 Å². The monoisotopic (exact) mass is 362 g/mol. The molecule has 0 amide bonds. The second-order valence-electron chi connectivity index (χ2n) is 6.75. The Morgan fingerprint density at radius 3 is 1.81 bits per heavy atom. The maximum atomic E-state index is 10.2. The highest BCUT2D eigenvalue weighted by Gasteiger charge is 2.15. The molecule has 0 spiro atoms. The first kappa shape index (κ1) is 19.2. The van der Waals surface area contributed by atoms with Crippen LogP contribution in [0, 0.1) is 0 Å². The van der Waals surface area contributed by atoms with Crippen molar-refractivity contribution in [1.82, 2.24) is 0 Å². The largest absolute Gasteiger partial charge is 0.491 e. The summed E-state index contributed by atoms with van der Waals surface area (Å²) in [5.41, 5.74) is 2.68. The molecule has 1 atom stereocenters. The van der Waals surface area contributed by atoms with E-state index in [1.807, 2.05) is 30.3 Å². The number of quaternary nitrogens is 1. The highest BCUT2D eigenvalue weighted by atomic mass is 16.5. The topological polar surface area (TPSA) is 46.1 Å². The van der Waals surface area contributed by atoms with Gasteiger partial charge in [0.2, 0.25) is 0 Å². The number of aliphatic hydroxyl groups is 1. The molecule has 0 saturated heterocycles. The molecule has 0 bridgehead atoms. The van der Waals surface area contributed by atoms with Gasteiger partial charge in [-0.2, -0.15) is 0 Å². The number of rotatable bonds is 10. The minimum absolute atomic E-state index is 0.321. The average molecular weight is 362 g/mol. The standard InChI is InChI=1S/C24H27NO2/c26-22(19-27-23-14-8-3-9-15-23)18-25-17-16-24(20-10-4-1-5-11-20)21-12-6-2-7-13-21/h1-15,22,24-26H,16-19H2/p+1/t22-/m0/s1. The molecule has 3 aromatic rings. The second kappa shape index (κ2) is 10.5. The zero-order chi connectivity index (χ0) is 18.7. The van der Waals surface area contributed by atoms with Crippen molar-refractivity contribution in [3.63, 3.8) is 0 Å². The summed E-state index contributed by atoms with van der Waals surface area (Å²) in [5, 5.41) is 12.3. The van der Waals surface area contributed by atoms with E-state index in [0.717, 1.165) is 18.7 Å². The van der Waals surface area contributed by atoms with Gasteiger partial charge in [-0.25, -0.2) is 0 Å². The summed E-state index contributed by atoms with van der Waals surface area (Å²) in [5.74, 6) is 1.17. The Morgan fingerprint density at radius 1 is 0.741 bits per heavy atom. The van der Waals surface area contributed by atoms with Crippen LogP contribution < -0.4 is 10.1 Å². The Kier molecular flexibility index (Phi) is 7.45. The van der Waals surface area contributed by atoms with Gasteiger partial charge in [-0.3, -0.25) is 0 Å². The fourth-order valence-corrected chi connectivity index (χ4v) is 3.27. The lowest BCUT2D eigenvalue weighted by Gasteiger charge is -2.18. The molecule has 0 radical (unpaired) electrons. The number of ether oxygens (including phenoxy) is 1. The summed E-state index contributed by atoms with van der Waals surface area (Å²) in [4.78, 5) is 0. The first-order valence-electron chi connectivity index (χ1n) is 9.60. The number of para-hydroxylation sites is 1. The number of hydrogen-bond donors (Lipinski definition) is 2. The van der Waals surface area contributed by atoms with Gasteiger partial charge in [-0.05, 0) is 23.3 Å². The Balaban J connectivity index is 1.46. The van der Waals surface area contributed by atoms with Crippen LogP contribution in [-0.2, 0) is 0 Å². The molecular formula is C24H28NO2+. The number of aliphatic hydroxyl groups excluding tert-OH is 1. The molecule has 0 aliphatic carbocycles. The van der Waals surface area contributed by atoms with Crippen LogP contribution in [0.2, 0.25) is 0 Å². The predicted molar refractivity (Wildman–Crippen MR) is 109 cm³/mol. The van der Waals surface area contributed by atoms with Crippen molar-refractivity contribution in [2.45, 2.75) is 18.4 Å². The van der Waals surface area contributed by atoms with Crippen molar-refractivity contribution in [2.75, 3.05) is 19.7 Å². The Labute approximate surface area is 161 Å². The fraction of sp³-hybridized carbons (Fsp3) is 0.250. The van der Waals surface area contributed by atoms with Gasteiger partial charge in [0.15, 0.2) is 0 Å². The maximum absolute atomic E-state index is 10.2. The van der Waals surface area contributed by atoms with Crippen molar-refractivity contribution in [1.29, 1.82) is 0 Å². The zero-order valence-corrected chi connectivity index (χ0v) is 15.6. The van der Waals surface area contributed by atoms with Gasteiger partial charge >= 0.3 is 0 Å². The van der Waals surface area contributed by atoms with Crippen molar-refractivity contribution < 1.29 is 15.2 Å². The van der Waals surface area contributed by atoms with Crippen molar-refractivity contribution in [3.05, 3.63) is 102 Å². The molecule has 0 saturated carbocycles. The van der Waals surface area contributed by atoms with Gasteiger partial charge in [-0.1, -0.05) is 78.9 Å². The zero-order valence-electron chi connectivity index (χ0n) is 15.6. The molecule has 140 valence electrons. The highest BCUT2D eigenvalue weighted by molar-refractivity contribution is 5.32. The summed E-state index contributed by atoms with van der Waals surface area (Å²) in [6, 6.07) is 30.9. The van der Waals surface area contributed by atoms with Gasteiger partial charge in [-0.15, -0.1) is 0 Å². The summed E-state index contributed by atoms with van der Waals surface area (Å²) >= 11 is 0. The Bertz CT molecular complexity index is 723. The minimum Gasteiger partial charge on any atom is -0.491 e. The van der Waals surface area contributed by atoms with Gasteiger partial charge in [0.25, 0.3) is 0 Å². The SMILES string of the molecule is O[C@@H](C[NH2+]CCC(c1ccccc1)c1ccccc1)COc1ccccc1. The predicted octanol–water partition coefficient (Wildman–Crippen LogP) is 3.21. The van der Waals surface area contributed by atoms with Gasteiger partial charge in [0.05, 0.1) is 6.54 Å². The van der Waals surface area contributed by atoms with Gasteiger partial charge in [0.1, 0.15) is 25.0 Å². The van der Waals surface area contributed by atoms with E-state index in [0.29, 0.717) is 19.1 Å². The van der Waals surface area contributed by atoms with Crippen LogP contribution in [0.1, 0.15) is 23.5 Å². The van der Waals surface area contributed by atoms with Crippen LogP contribution in [-0.4, -0.2) is 30.9 Å². The number of hydrogen-bond acceptors (Lipinski definition) is 2. The van der Waals surface area contributed by atoms with Crippen LogP contribution in [0.4, 0.5) is 0 Å². The molecule has 3 rings (SSSR count). The highest BCUT2D eigenvalue weighted by Crippen LogP contribution is 2.26. The average Bonchev–Trinajstić information content (AvgIpc) is 2.74. The molecule has 3 heteroatoms. The third-order valence-electron chi connectivity index (χ3n) is 4.69. The van der Waals surface area contributed by atoms with Gasteiger partial charge in [0, 0.05) is 12.3 Å². The lowest BCUT2D eigenvalue weighted by Crippen LogP contribution is -2.86. The van der Waals surface area contributed by atoms with E-state index in [1.165, 1.54) is 11.1 Å². The molecule has 3 aromatic carbocycles. The van der Waals surface area contributed by atoms with Crippen molar-refractivity contribution in [3.8, 4) is 5.75 Å². The lowest BCUT2D eigenvalue weighted by atomic mass is 9.88. The normalized spacial score (nSPS) is 12.1. The molecule has 27 heavy (non-hydrogen) atoms. The van der Waals surface area contributed by atoms with Crippen LogP contribution in [0.3, 0.4) is 0 Å². The minimum atomic E-state index is -0.475. The van der Waals surface area contributed by atoms with E-state index in [4.69, 9.17) is 4.74 Å². The van der Waals surface area contributed by atoms with Crippen LogP contribution in [0.25, 0.3) is 0 Å². The van der Waals surface area contributed by atoms with Crippen LogP contribution >= 0.6 is 0 Å².